The van der Waals surface area contributed by atoms with E-state index in [1.165, 1.54) is 13.3 Å². The fourth-order valence-corrected chi connectivity index (χ4v) is 4.25. The van der Waals surface area contributed by atoms with Gasteiger partial charge in [-0.1, -0.05) is 17.4 Å². The van der Waals surface area contributed by atoms with Gasteiger partial charge in [-0.15, -0.1) is 0 Å². The molecule has 3 rings (SSSR count). The van der Waals surface area contributed by atoms with E-state index in [4.69, 9.17) is 10.00 Å². The first-order valence-electron chi connectivity index (χ1n) is 6.49. The third-order valence-corrected chi connectivity index (χ3v) is 6.10. The molecule has 9 heteroatoms. The van der Waals surface area contributed by atoms with Crippen LogP contribution in [-0.4, -0.2) is 25.5 Å². The molecule has 0 fully saturated rings. The van der Waals surface area contributed by atoms with Gasteiger partial charge in [-0.3, -0.25) is 4.72 Å². The van der Waals surface area contributed by atoms with E-state index in [1.54, 1.807) is 18.3 Å². The maximum absolute atomic E-state index is 12.5. The van der Waals surface area contributed by atoms with E-state index in [9.17, 15) is 8.42 Å². The van der Waals surface area contributed by atoms with E-state index in [0.717, 1.165) is 16.9 Å². The molecular formula is C14H12N4O3S2. The van der Waals surface area contributed by atoms with Crippen molar-refractivity contribution in [3.8, 4) is 11.3 Å². The SMILES string of the molecule is COc1ncc(S(=O)(=O)Nc2ccc(C)c3c(C#N)c[nH]c23)s1. The van der Waals surface area contributed by atoms with Gasteiger partial charge in [-0.25, -0.2) is 13.4 Å². The Morgan fingerprint density at radius 2 is 2.22 bits per heavy atom. The summed E-state index contributed by atoms with van der Waals surface area (Å²) in [4.78, 5) is 6.82. The second-order valence-electron chi connectivity index (χ2n) is 4.75. The number of methoxy groups -OCH3 is 1. The van der Waals surface area contributed by atoms with E-state index >= 15 is 0 Å². The summed E-state index contributed by atoms with van der Waals surface area (Å²) in [5.41, 5.74) is 2.30. The van der Waals surface area contributed by atoms with Gasteiger partial charge in [-0.2, -0.15) is 5.26 Å². The molecule has 2 aromatic heterocycles. The highest BCUT2D eigenvalue weighted by Gasteiger charge is 2.20. The molecule has 7 nitrogen and oxygen atoms in total. The Kier molecular flexibility index (Phi) is 3.71. The molecule has 2 N–H and O–H groups in total. The standard InChI is InChI=1S/C14H12N4O3S2/c1-8-3-4-10(13-12(8)9(5-15)6-16-13)18-23(19,20)11-7-17-14(21-2)22-11/h3-4,6-7,16,18H,1-2H3. The number of aryl methyl sites for hydroxylation is 1. The van der Waals surface area contributed by atoms with Crippen LogP contribution in [0.3, 0.4) is 0 Å². The Hall–Kier alpha value is -2.57. The van der Waals surface area contributed by atoms with Crippen LogP contribution in [0.5, 0.6) is 5.19 Å². The third-order valence-electron chi connectivity index (χ3n) is 3.31. The van der Waals surface area contributed by atoms with Crippen LogP contribution in [0.4, 0.5) is 5.69 Å². The fraction of sp³-hybridized carbons (Fsp3) is 0.143. The van der Waals surface area contributed by atoms with Gasteiger partial charge in [0.15, 0.2) is 4.21 Å². The lowest BCUT2D eigenvalue weighted by Gasteiger charge is -2.08. The lowest BCUT2D eigenvalue weighted by Crippen LogP contribution is -2.11. The predicted octanol–water partition coefficient (Wildman–Crippen LogP) is 2.61. The van der Waals surface area contributed by atoms with Crippen LogP contribution in [0, 0.1) is 18.3 Å². The number of fused-ring (bicyclic) bond motifs is 1. The molecule has 118 valence electrons. The monoisotopic (exact) mass is 348 g/mol. The largest absolute Gasteiger partial charge is 0.473 e. The lowest BCUT2D eigenvalue weighted by atomic mass is 10.1. The summed E-state index contributed by atoms with van der Waals surface area (Å²) in [7, 11) is -2.36. The van der Waals surface area contributed by atoms with Gasteiger partial charge in [0.05, 0.1) is 30.1 Å². The van der Waals surface area contributed by atoms with Gasteiger partial charge in [-0.05, 0) is 18.6 Å². The number of aromatic nitrogens is 2. The number of sulfonamides is 1. The van der Waals surface area contributed by atoms with Crippen LogP contribution < -0.4 is 9.46 Å². The number of thiazole rings is 1. The Morgan fingerprint density at radius 1 is 1.43 bits per heavy atom. The number of H-pyrrole nitrogens is 1. The first-order valence-corrected chi connectivity index (χ1v) is 8.79. The van der Waals surface area contributed by atoms with Crippen LogP contribution in [0.15, 0.2) is 28.7 Å². The molecule has 0 aliphatic heterocycles. The van der Waals surface area contributed by atoms with E-state index in [0.29, 0.717) is 22.2 Å². The van der Waals surface area contributed by atoms with Crippen molar-refractivity contribution in [3.05, 3.63) is 35.7 Å². The molecule has 3 aromatic rings. The number of benzene rings is 1. The molecular weight excluding hydrogens is 336 g/mol. The summed E-state index contributed by atoms with van der Waals surface area (Å²) in [6.45, 7) is 1.86. The van der Waals surface area contributed by atoms with Crippen molar-refractivity contribution in [3.63, 3.8) is 0 Å². The second-order valence-corrected chi connectivity index (χ2v) is 7.65. The number of hydrogen-bond donors (Lipinski definition) is 2. The van der Waals surface area contributed by atoms with Crippen molar-refractivity contribution < 1.29 is 13.2 Å². The molecule has 0 unspecified atom stereocenters. The van der Waals surface area contributed by atoms with Crippen molar-refractivity contribution >= 4 is 38.0 Å². The van der Waals surface area contributed by atoms with Crippen molar-refractivity contribution in [2.75, 3.05) is 11.8 Å². The summed E-state index contributed by atoms with van der Waals surface area (Å²) < 4.78 is 32.4. The van der Waals surface area contributed by atoms with E-state index in [2.05, 4.69) is 20.8 Å². The number of nitriles is 1. The average Bonchev–Trinajstić information content (AvgIpc) is 3.16. The normalized spacial score (nSPS) is 11.3. The van der Waals surface area contributed by atoms with E-state index < -0.39 is 10.0 Å². The number of anilines is 1. The summed E-state index contributed by atoms with van der Waals surface area (Å²) in [6, 6.07) is 5.51. The Labute approximate surface area is 136 Å². The molecule has 0 spiro atoms. The third kappa shape index (κ3) is 2.62. The van der Waals surface area contributed by atoms with E-state index in [-0.39, 0.29) is 9.40 Å². The van der Waals surface area contributed by atoms with E-state index in [1.807, 2.05) is 6.92 Å². The second kappa shape index (κ2) is 5.57. The van der Waals surface area contributed by atoms with Crippen LogP contribution in [0.1, 0.15) is 11.1 Å². The zero-order chi connectivity index (χ0) is 16.6. The summed E-state index contributed by atoms with van der Waals surface area (Å²) >= 11 is 0.931. The molecule has 0 radical (unpaired) electrons. The van der Waals surface area contributed by atoms with Crippen molar-refractivity contribution in [1.29, 1.82) is 5.26 Å². The Morgan fingerprint density at radius 3 is 2.87 bits per heavy atom. The highest BCUT2D eigenvalue weighted by atomic mass is 32.2. The van der Waals surface area contributed by atoms with Gasteiger partial charge in [0.2, 0.25) is 0 Å². The zero-order valence-corrected chi connectivity index (χ0v) is 13.9. The van der Waals surface area contributed by atoms with Gasteiger partial charge < -0.3 is 9.72 Å². The molecule has 0 atom stereocenters. The van der Waals surface area contributed by atoms with Gasteiger partial charge >= 0.3 is 0 Å². The number of aromatic amines is 1. The van der Waals surface area contributed by atoms with Crippen LogP contribution in [0.25, 0.3) is 10.9 Å². The van der Waals surface area contributed by atoms with Crippen molar-refractivity contribution in [1.82, 2.24) is 9.97 Å². The summed E-state index contributed by atoms with van der Waals surface area (Å²) in [5.74, 6) is 0. The minimum atomic E-state index is -3.78. The van der Waals surface area contributed by atoms with Gasteiger partial charge in [0.25, 0.3) is 15.2 Å². The lowest BCUT2D eigenvalue weighted by molar-refractivity contribution is 0.412. The van der Waals surface area contributed by atoms with Crippen molar-refractivity contribution in [2.45, 2.75) is 11.1 Å². The number of hydrogen-bond acceptors (Lipinski definition) is 6. The highest BCUT2D eigenvalue weighted by Crippen LogP contribution is 2.31. The molecule has 23 heavy (non-hydrogen) atoms. The molecule has 0 saturated heterocycles. The van der Waals surface area contributed by atoms with Gasteiger partial charge in [0.1, 0.15) is 6.07 Å². The quantitative estimate of drug-likeness (QED) is 0.753. The number of rotatable bonds is 4. The number of nitrogens with zero attached hydrogens (tertiary/aromatic N) is 2. The molecule has 0 aliphatic rings. The van der Waals surface area contributed by atoms with Crippen LogP contribution in [0.2, 0.25) is 0 Å². The highest BCUT2D eigenvalue weighted by molar-refractivity contribution is 7.94. The molecule has 0 amide bonds. The fourth-order valence-electron chi connectivity index (χ4n) is 2.25. The van der Waals surface area contributed by atoms with Crippen LogP contribution >= 0.6 is 11.3 Å². The topological polar surface area (TPSA) is 108 Å². The predicted molar refractivity (Wildman–Crippen MR) is 87.2 cm³/mol. The molecule has 1 aromatic carbocycles. The summed E-state index contributed by atoms with van der Waals surface area (Å²) in [5, 5.41) is 10.1. The molecule has 0 bridgehead atoms. The average molecular weight is 348 g/mol. The van der Waals surface area contributed by atoms with Gasteiger partial charge in [0, 0.05) is 11.6 Å². The Bertz CT molecular complexity index is 1030. The minimum absolute atomic E-state index is 0.0511. The zero-order valence-electron chi connectivity index (χ0n) is 12.2. The first kappa shape index (κ1) is 15.3. The Balaban J connectivity index is 2.06. The molecule has 0 saturated carbocycles. The molecule has 0 aliphatic carbocycles. The number of ether oxygens (including phenoxy) is 1. The maximum atomic E-state index is 12.5. The summed E-state index contributed by atoms with van der Waals surface area (Å²) in [6.07, 6.45) is 2.80. The maximum Gasteiger partial charge on any atom is 0.274 e. The van der Waals surface area contributed by atoms with Crippen molar-refractivity contribution in [2.24, 2.45) is 0 Å². The van der Waals surface area contributed by atoms with Crippen LogP contribution in [-0.2, 0) is 10.0 Å². The first-order chi connectivity index (χ1) is 11.0. The minimum Gasteiger partial charge on any atom is -0.473 e. The molecule has 2 heterocycles. The number of nitrogens with one attached hydrogen (secondary N) is 2. The smallest absolute Gasteiger partial charge is 0.274 e.